The van der Waals surface area contributed by atoms with Gasteiger partial charge in [-0.15, -0.1) is 10.2 Å². The minimum absolute atomic E-state index is 0.0323. The van der Waals surface area contributed by atoms with Crippen LogP contribution >= 0.6 is 0 Å². The van der Waals surface area contributed by atoms with E-state index in [1.165, 1.54) is 19.2 Å². The van der Waals surface area contributed by atoms with E-state index in [0.717, 1.165) is 6.07 Å². The number of aromatic nitrogens is 4. The van der Waals surface area contributed by atoms with Crippen molar-refractivity contribution in [3.05, 3.63) is 29.8 Å². The Hall–Kier alpha value is -2.07. The number of nitrogens with one attached hydrogen (secondary N) is 2. The van der Waals surface area contributed by atoms with Crippen LogP contribution in [0.5, 0.6) is 5.75 Å². The molecule has 0 spiro atoms. The molecule has 0 aliphatic rings. The van der Waals surface area contributed by atoms with Crippen molar-refractivity contribution < 1.29 is 17.5 Å². The van der Waals surface area contributed by atoms with Crippen LogP contribution in [0.1, 0.15) is 18.8 Å². The predicted molar refractivity (Wildman–Crippen MR) is 65.9 cm³/mol. The maximum atomic E-state index is 13.5. The standard InChI is InChI=1S/C10H12FN5O3S/c1-6(10-12-15-16-13-10)14-20(17,18)7-3-4-9(19-2)8(11)5-7/h3-6,14H,1-2H3,(H,12,13,15,16). The zero-order chi connectivity index (χ0) is 14.8. The second kappa shape index (κ2) is 5.51. The molecular weight excluding hydrogens is 289 g/mol. The zero-order valence-electron chi connectivity index (χ0n) is 10.7. The third kappa shape index (κ3) is 2.91. The van der Waals surface area contributed by atoms with Gasteiger partial charge in [0, 0.05) is 0 Å². The van der Waals surface area contributed by atoms with Crippen LogP contribution in [0.15, 0.2) is 23.1 Å². The summed E-state index contributed by atoms with van der Waals surface area (Å²) in [5, 5.41) is 12.9. The lowest BCUT2D eigenvalue weighted by atomic mass is 10.3. The maximum absolute atomic E-state index is 13.5. The zero-order valence-corrected chi connectivity index (χ0v) is 11.5. The number of halogens is 1. The first-order valence-corrected chi connectivity index (χ1v) is 7.01. The molecule has 0 amide bonds. The molecule has 0 aliphatic carbocycles. The summed E-state index contributed by atoms with van der Waals surface area (Å²) in [6.07, 6.45) is 0. The number of nitrogens with zero attached hydrogens (tertiary/aromatic N) is 3. The molecule has 0 radical (unpaired) electrons. The van der Waals surface area contributed by atoms with Gasteiger partial charge < -0.3 is 4.74 Å². The Labute approximate surface area is 114 Å². The van der Waals surface area contributed by atoms with E-state index in [1.54, 1.807) is 6.92 Å². The average molecular weight is 301 g/mol. The lowest BCUT2D eigenvalue weighted by Crippen LogP contribution is -2.27. The Morgan fingerprint density at radius 2 is 2.20 bits per heavy atom. The molecule has 1 unspecified atom stereocenters. The van der Waals surface area contributed by atoms with Crippen molar-refractivity contribution in [2.24, 2.45) is 0 Å². The Balaban J connectivity index is 2.24. The molecule has 2 rings (SSSR count). The fourth-order valence-corrected chi connectivity index (χ4v) is 2.73. The van der Waals surface area contributed by atoms with E-state index >= 15 is 0 Å². The third-order valence-electron chi connectivity index (χ3n) is 2.51. The molecule has 20 heavy (non-hydrogen) atoms. The molecule has 1 aromatic heterocycles. The summed E-state index contributed by atoms with van der Waals surface area (Å²) in [6.45, 7) is 1.54. The highest BCUT2D eigenvalue weighted by Crippen LogP contribution is 2.21. The van der Waals surface area contributed by atoms with Gasteiger partial charge in [-0.3, -0.25) is 0 Å². The first-order chi connectivity index (χ1) is 9.44. The highest BCUT2D eigenvalue weighted by atomic mass is 32.2. The van der Waals surface area contributed by atoms with Crippen LogP contribution in [0.3, 0.4) is 0 Å². The second-order valence-corrected chi connectivity index (χ2v) is 5.62. The minimum atomic E-state index is -3.90. The quantitative estimate of drug-likeness (QED) is 0.826. The van der Waals surface area contributed by atoms with E-state index in [4.69, 9.17) is 4.74 Å². The molecule has 1 aromatic carbocycles. The van der Waals surface area contributed by atoms with Gasteiger partial charge in [0.05, 0.1) is 18.0 Å². The number of benzene rings is 1. The van der Waals surface area contributed by atoms with Gasteiger partial charge in [-0.1, -0.05) is 5.21 Å². The fraction of sp³-hybridized carbons (Fsp3) is 0.300. The average Bonchev–Trinajstić information content (AvgIpc) is 2.92. The van der Waals surface area contributed by atoms with E-state index in [9.17, 15) is 12.8 Å². The summed E-state index contributed by atoms with van der Waals surface area (Å²) < 4.78 is 44.8. The molecule has 1 heterocycles. The summed E-state index contributed by atoms with van der Waals surface area (Å²) in [6, 6.07) is 2.66. The van der Waals surface area contributed by atoms with Gasteiger partial charge in [0.15, 0.2) is 17.4 Å². The van der Waals surface area contributed by atoms with Crippen LogP contribution in [0.4, 0.5) is 4.39 Å². The lowest BCUT2D eigenvalue weighted by molar-refractivity contribution is 0.385. The van der Waals surface area contributed by atoms with Crippen LogP contribution in [-0.2, 0) is 10.0 Å². The number of rotatable bonds is 5. The highest BCUT2D eigenvalue weighted by molar-refractivity contribution is 7.89. The van der Waals surface area contributed by atoms with E-state index in [1.807, 2.05) is 0 Å². The van der Waals surface area contributed by atoms with Gasteiger partial charge in [-0.25, -0.2) is 17.5 Å². The van der Waals surface area contributed by atoms with E-state index in [-0.39, 0.29) is 16.5 Å². The molecule has 0 bridgehead atoms. The third-order valence-corrected chi connectivity index (χ3v) is 4.05. The highest BCUT2D eigenvalue weighted by Gasteiger charge is 2.22. The van der Waals surface area contributed by atoms with Crippen molar-refractivity contribution in [2.45, 2.75) is 17.9 Å². The van der Waals surface area contributed by atoms with E-state index < -0.39 is 21.9 Å². The molecule has 0 aliphatic heterocycles. The monoisotopic (exact) mass is 301 g/mol. The number of methoxy groups -OCH3 is 1. The molecule has 0 fully saturated rings. The molecule has 1 atom stereocenters. The number of H-pyrrole nitrogens is 1. The summed E-state index contributed by atoms with van der Waals surface area (Å²) in [7, 11) is -2.61. The first kappa shape index (κ1) is 14.3. The van der Waals surface area contributed by atoms with Crippen molar-refractivity contribution in [3.8, 4) is 5.75 Å². The second-order valence-electron chi connectivity index (χ2n) is 3.91. The molecule has 10 heteroatoms. The van der Waals surface area contributed by atoms with Crippen LogP contribution in [-0.4, -0.2) is 36.2 Å². The van der Waals surface area contributed by atoms with Crippen LogP contribution in [0.25, 0.3) is 0 Å². The molecule has 2 aromatic rings. The smallest absolute Gasteiger partial charge is 0.241 e. The number of sulfonamides is 1. The van der Waals surface area contributed by atoms with Crippen molar-refractivity contribution in [1.82, 2.24) is 25.3 Å². The predicted octanol–water partition coefficient (Wildman–Crippen LogP) is 0.387. The first-order valence-electron chi connectivity index (χ1n) is 5.53. The van der Waals surface area contributed by atoms with Gasteiger partial charge in [-0.2, -0.15) is 5.21 Å². The summed E-state index contributed by atoms with van der Waals surface area (Å²) in [4.78, 5) is -0.217. The Kier molecular flexibility index (Phi) is 3.95. The van der Waals surface area contributed by atoms with Crippen molar-refractivity contribution in [2.75, 3.05) is 7.11 Å². The fourth-order valence-electron chi connectivity index (χ4n) is 1.52. The summed E-state index contributed by atoms with van der Waals surface area (Å²) >= 11 is 0. The molecule has 2 N–H and O–H groups in total. The summed E-state index contributed by atoms with van der Waals surface area (Å²) in [5.74, 6) is -0.611. The van der Waals surface area contributed by atoms with Gasteiger partial charge in [-0.05, 0) is 25.1 Å². The lowest BCUT2D eigenvalue weighted by Gasteiger charge is -2.11. The SMILES string of the molecule is COc1ccc(S(=O)(=O)NC(C)c2nn[nH]n2)cc1F. The van der Waals surface area contributed by atoms with Gasteiger partial charge in [0.1, 0.15) is 0 Å². The number of tetrazole rings is 1. The summed E-state index contributed by atoms with van der Waals surface area (Å²) in [5.41, 5.74) is 0. The number of hydrogen-bond donors (Lipinski definition) is 2. The molecular formula is C10H12FN5O3S. The number of aromatic amines is 1. The Morgan fingerprint density at radius 1 is 1.45 bits per heavy atom. The molecule has 0 saturated carbocycles. The number of ether oxygens (including phenoxy) is 1. The Morgan fingerprint density at radius 3 is 2.75 bits per heavy atom. The van der Waals surface area contributed by atoms with Crippen LogP contribution < -0.4 is 9.46 Å². The van der Waals surface area contributed by atoms with Gasteiger partial charge in [0.2, 0.25) is 10.0 Å². The number of hydrogen-bond acceptors (Lipinski definition) is 6. The maximum Gasteiger partial charge on any atom is 0.241 e. The van der Waals surface area contributed by atoms with Crippen LogP contribution in [0, 0.1) is 5.82 Å². The molecule has 0 saturated heterocycles. The minimum Gasteiger partial charge on any atom is -0.494 e. The molecule has 108 valence electrons. The molecule has 8 nitrogen and oxygen atoms in total. The van der Waals surface area contributed by atoms with Gasteiger partial charge >= 0.3 is 0 Å². The van der Waals surface area contributed by atoms with Gasteiger partial charge in [0.25, 0.3) is 0 Å². The van der Waals surface area contributed by atoms with E-state index in [0.29, 0.717) is 0 Å². The largest absolute Gasteiger partial charge is 0.494 e. The topological polar surface area (TPSA) is 110 Å². The normalized spacial score (nSPS) is 13.2. The Bertz CT molecular complexity index is 689. The van der Waals surface area contributed by atoms with Crippen molar-refractivity contribution in [3.63, 3.8) is 0 Å². The van der Waals surface area contributed by atoms with Crippen LogP contribution in [0.2, 0.25) is 0 Å². The van der Waals surface area contributed by atoms with E-state index in [2.05, 4.69) is 25.3 Å². The van der Waals surface area contributed by atoms with Crippen molar-refractivity contribution >= 4 is 10.0 Å². The van der Waals surface area contributed by atoms with Crippen molar-refractivity contribution in [1.29, 1.82) is 0 Å².